The van der Waals surface area contributed by atoms with Crippen LogP contribution in [0.25, 0.3) is 16.8 Å². The lowest BCUT2D eigenvalue weighted by Crippen LogP contribution is -2.36. The summed E-state index contributed by atoms with van der Waals surface area (Å²) < 4.78 is 5.97. The van der Waals surface area contributed by atoms with Crippen molar-refractivity contribution in [3.8, 4) is 5.75 Å². The normalized spacial score (nSPS) is 15.0. The van der Waals surface area contributed by atoms with Crippen molar-refractivity contribution in [1.82, 2.24) is 4.90 Å². The number of rotatable bonds is 6. The summed E-state index contributed by atoms with van der Waals surface area (Å²) in [5, 5.41) is 4.20. The molecule has 3 amide bonds. The van der Waals surface area contributed by atoms with Gasteiger partial charge in [-0.2, -0.15) is 0 Å². The second-order valence-electron chi connectivity index (χ2n) is 8.00. The van der Waals surface area contributed by atoms with Gasteiger partial charge in [-0.1, -0.05) is 48.5 Å². The van der Waals surface area contributed by atoms with Gasteiger partial charge >= 0.3 is 0 Å². The molecule has 6 nitrogen and oxygen atoms in total. The third kappa shape index (κ3) is 4.93. The van der Waals surface area contributed by atoms with Crippen LogP contribution in [0.15, 0.2) is 65.6 Å². The van der Waals surface area contributed by atoms with Gasteiger partial charge in [-0.3, -0.25) is 19.3 Å². The van der Waals surface area contributed by atoms with E-state index in [-0.39, 0.29) is 17.6 Å². The number of benzene rings is 3. The molecule has 1 N–H and O–H groups in total. The van der Waals surface area contributed by atoms with E-state index in [9.17, 15) is 14.4 Å². The number of anilines is 1. The summed E-state index contributed by atoms with van der Waals surface area (Å²) >= 11 is 0.827. The molecule has 0 aliphatic carbocycles. The molecule has 3 aromatic carbocycles. The Kier molecular flexibility index (Phi) is 6.51. The lowest BCUT2D eigenvalue weighted by Gasteiger charge is -2.15. The third-order valence-corrected chi connectivity index (χ3v) is 6.07. The van der Waals surface area contributed by atoms with Crippen molar-refractivity contribution in [3.05, 3.63) is 76.7 Å². The zero-order valence-corrected chi connectivity index (χ0v) is 19.4. The molecule has 0 radical (unpaired) electrons. The van der Waals surface area contributed by atoms with E-state index in [0.717, 1.165) is 38.6 Å². The van der Waals surface area contributed by atoms with Crippen LogP contribution in [0.4, 0.5) is 10.5 Å². The fourth-order valence-electron chi connectivity index (χ4n) is 3.60. The van der Waals surface area contributed by atoms with Crippen LogP contribution in [0, 0.1) is 6.92 Å². The van der Waals surface area contributed by atoms with Gasteiger partial charge in [-0.25, -0.2) is 0 Å². The number of hydrogen-bond donors (Lipinski definition) is 1. The Balaban J connectivity index is 1.61. The molecule has 7 heteroatoms. The number of para-hydroxylation sites is 1. The number of carbonyl (C=O) groups is 3. The maximum Gasteiger partial charge on any atom is 0.294 e. The first kappa shape index (κ1) is 22.6. The highest BCUT2D eigenvalue weighted by molar-refractivity contribution is 8.18. The molecule has 33 heavy (non-hydrogen) atoms. The Morgan fingerprint density at radius 2 is 1.79 bits per heavy atom. The average Bonchev–Trinajstić information content (AvgIpc) is 3.04. The Hall–Kier alpha value is -3.58. The maximum absolute atomic E-state index is 13.0. The van der Waals surface area contributed by atoms with E-state index in [1.165, 1.54) is 0 Å². The van der Waals surface area contributed by atoms with E-state index in [1.807, 2.05) is 75.4 Å². The van der Waals surface area contributed by atoms with Crippen LogP contribution in [0.2, 0.25) is 0 Å². The summed E-state index contributed by atoms with van der Waals surface area (Å²) in [6.45, 7) is 5.39. The molecule has 3 aromatic rings. The molecule has 1 aliphatic rings. The van der Waals surface area contributed by atoms with Gasteiger partial charge in [0, 0.05) is 11.3 Å². The lowest BCUT2D eigenvalue weighted by molar-refractivity contribution is -0.127. The van der Waals surface area contributed by atoms with E-state index >= 15 is 0 Å². The molecule has 0 saturated carbocycles. The summed E-state index contributed by atoms with van der Waals surface area (Å²) in [6, 6.07) is 19.0. The van der Waals surface area contributed by atoms with Gasteiger partial charge in [0.15, 0.2) is 0 Å². The highest BCUT2D eigenvalue weighted by Gasteiger charge is 2.36. The monoisotopic (exact) mass is 460 g/mol. The van der Waals surface area contributed by atoms with Crippen LogP contribution in [0.1, 0.15) is 25.0 Å². The molecule has 1 aliphatic heterocycles. The molecular weight excluding hydrogens is 436 g/mol. The number of nitrogens with one attached hydrogen (secondary N) is 1. The highest BCUT2D eigenvalue weighted by atomic mass is 32.2. The molecule has 1 heterocycles. The second kappa shape index (κ2) is 9.50. The number of carbonyl (C=O) groups excluding carboxylic acids is 3. The van der Waals surface area contributed by atoms with Crippen molar-refractivity contribution in [3.63, 3.8) is 0 Å². The largest absolute Gasteiger partial charge is 0.490 e. The molecule has 0 aromatic heterocycles. The van der Waals surface area contributed by atoms with E-state index in [1.54, 1.807) is 12.1 Å². The summed E-state index contributed by atoms with van der Waals surface area (Å²) in [7, 11) is 0. The van der Waals surface area contributed by atoms with Crippen LogP contribution in [-0.2, 0) is 9.59 Å². The average molecular weight is 461 g/mol. The summed E-state index contributed by atoms with van der Waals surface area (Å²) in [4.78, 5) is 39.4. The number of ether oxygens (including phenoxy) is 1. The molecule has 0 spiro atoms. The fraction of sp³-hybridized carbons (Fsp3) is 0.192. The quantitative estimate of drug-likeness (QED) is 0.484. The number of nitrogens with zero attached hydrogens (tertiary/aromatic N) is 1. The van der Waals surface area contributed by atoms with Gasteiger partial charge in [0.2, 0.25) is 5.91 Å². The highest BCUT2D eigenvalue weighted by Crippen LogP contribution is 2.37. The van der Waals surface area contributed by atoms with Crippen molar-refractivity contribution in [2.45, 2.75) is 26.9 Å². The second-order valence-corrected chi connectivity index (χ2v) is 8.99. The van der Waals surface area contributed by atoms with Gasteiger partial charge in [0.25, 0.3) is 11.1 Å². The number of aryl methyl sites for hydroxylation is 1. The minimum atomic E-state index is -0.492. The predicted molar refractivity (Wildman–Crippen MR) is 132 cm³/mol. The minimum absolute atomic E-state index is 0.0569. The fourth-order valence-corrected chi connectivity index (χ4v) is 4.42. The predicted octanol–water partition coefficient (Wildman–Crippen LogP) is 5.61. The number of imide groups is 1. The molecule has 168 valence electrons. The van der Waals surface area contributed by atoms with Crippen LogP contribution < -0.4 is 10.1 Å². The molecule has 0 unspecified atom stereocenters. The van der Waals surface area contributed by atoms with Crippen molar-refractivity contribution in [2.75, 3.05) is 11.9 Å². The smallest absolute Gasteiger partial charge is 0.294 e. The van der Waals surface area contributed by atoms with E-state index in [2.05, 4.69) is 5.32 Å². The summed E-state index contributed by atoms with van der Waals surface area (Å²) in [5.74, 6) is -0.289. The zero-order valence-electron chi connectivity index (χ0n) is 18.6. The van der Waals surface area contributed by atoms with Crippen LogP contribution in [0.5, 0.6) is 5.75 Å². The topological polar surface area (TPSA) is 75.7 Å². The van der Waals surface area contributed by atoms with Gasteiger partial charge in [-0.15, -0.1) is 0 Å². The Morgan fingerprint density at radius 3 is 2.55 bits per heavy atom. The van der Waals surface area contributed by atoms with Crippen LogP contribution >= 0.6 is 11.8 Å². The zero-order chi connectivity index (χ0) is 23.5. The number of hydrogen-bond acceptors (Lipinski definition) is 5. The Bertz CT molecular complexity index is 1280. The lowest BCUT2D eigenvalue weighted by atomic mass is 10.0. The summed E-state index contributed by atoms with van der Waals surface area (Å²) in [5.41, 5.74) is 2.28. The number of amides is 3. The van der Waals surface area contributed by atoms with E-state index < -0.39 is 17.1 Å². The standard InChI is InChI=1S/C26H24N2O4S/c1-16(2)32-22-13-12-18-9-5-6-10-19(18)20(22)14-23-25(30)28(26(31)33-23)15-24(29)27-21-11-7-4-8-17(21)3/h4-14,16H,15H2,1-3H3,(H,27,29)/b23-14-. The molecule has 0 bridgehead atoms. The Labute approximate surface area is 196 Å². The van der Waals surface area contributed by atoms with Crippen molar-refractivity contribution in [2.24, 2.45) is 0 Å². The van der Waals surface area contributed by atoms with Gasteiger partial charge < -0.3 is 10.1 Å². The van der Waals surface area contributed by atoms with E-state index in [4.69, 9.17) is 4.74 Å². The number of fused-ring (bicyclic) bond motifs is 1. The summed E-state index contributed by atoms with van der Waals surface area (Å²) in [6.07, 6.45) is 1.63. The minimum Gasteiger partial charge on any atom is -0.490 e. The van der Waals surface area contributed by atoms with Gasteiger partial charge in [0.1, 0.15) is 12.3 Å². The molecule has 4 rings (SSSR count). The van der Waals surface area contributed by atoms with Crippen molar-refractivity contribution >= 4 is 51.4 Å². The molecule has 0 atom stereocenters. The third-order valence-electron chi connectivity index (χ3n) is 5.16. The first-order valence-corrected chi connectivity index (χ1v) is 11.4. The van der Waals surface area contributed by atoms with Crippen molar-refractivity contribution in [1.29, 1.82) is 0 Å². The first-order chi connectivity index (χ1) is 15.8. The van der Waals surface area contributed by atoms with Gasteiger partial charge in [-0.05, 0) is 67.1 Å². The molecular formula is C26H24N2O4S. The first-order valence-electron chi connectivity index (χ1n) is 10.6. The van der Waals surface area contributed by atoms with E-state index in [0.29, 0.717) is 11.4 Å². The number of thioether (sulfide) groups is 1. The maximum atomic E-state index is 13.0. The molecule has 1 fully saturated rings. The van der Waals surface area contributed by atoms with Crippen molar-refractivity contribution < 1.29 is 19.1 Å². The van der Waals surface area contributed by atoms with Crippen LogP contribution in [0.3, 0.4) is 0 Å². The molecule has 1 saturated heterocycles. The Morgan fingerprint density at radius 1 is 1.06 bits per heavy atom. The van der Waals surface area contributed by atoms with Crippen LogP contribution in [-0.4, -0.2) is 34.6 Å². The van der Waals surface area contributed by atoms with Gasteiger partial charge in [0.05, 0.1) is 11.0 Å². The SMILES string of the molecule is Cc1ccccc1NC(=O)CN1C(=O)S/C(=C\c2c(OC(C)C)ccc3ccccc23)C1=O.